The zero-order chi connectivity index (χ0) is 21.6. The molecule has 6 nitrogen and oxygen atoms in total. The first kappa shape index (κ1) is 21.6. The molecule has 1 fully saturated rings. The maximum absolute atomic E-state index is 12.5. The van der Waals surface area contributed by atoms with Gasteiger partial charge in [0.2, 0.25) is 5.91 Å². The summed E-state index contributed by atoms with van der Waals surface area (Å²) in [5.74, 6) is -1.30. The number of hydrogen-bond acceptors (Lipinski definition) is 5. The summed E-state index contributed by atoms with van der Waals surface area (Å²) in [7, 11) is 0. The summed E-state index contributed by atoms with van der Waals surface area (Å²) in [5, 5.41) is 2.85. The first-order valence-corrected chi connectivity index (χ1v) is 10.3. The molecule has 1 N–H and O–H groups in total. The number of nitrogens with one attached hydrogen (secondary N) is 1. The molecular weight excluding hydrogens is 382 g/mol. The largest absolute Gasteiger partial charge is 0.516 e. The lowest BCUT2D eigenvalue weighted by Crippen LogP contribution is -2.38. The minimum Gasteiger partial charge on any atom is -0.434 e. The van der Waals surface area contributed by atoms with E-state index < -0.39 is 23.4 Å². The molecule has 3 rings (SSSR count). The maximum Gasteiger partial charge on any atom is 0.516 e. The van der Waals surface area contributed by atoms with E-state index in [2.05, 4.69) is 17.4 Å². The van der Waals surface area contributed by atoms with Crippen molar-refractivity contribution in [1.82, 2.24) is 5.32 Å². The molecule has 1 saturated heterocycles. The van der Waals surface area contributed by atoms with E-state index in [9.17, 15) is 14.4 Å². The lowest BCUT2D eigenvalue weighted by Gasteiger charge is -2.17. The molecule has 1 aliphatic heterocycles. The van der Waals surface area contributed by atoms with E-state index in [-0.39, 0.29) is 19.1 Å². The quantitative estimate of drug-likeness (QED) is 0.420. The number of amides is 1. The van der Waals surface area contributed by atoms with Gasteiger partial charge < -0.3 is 14.8 Å². The first-order valence-electron chi connectivity index (χ1n) is 10.3. The van der Waals surface area contributed by atoms with E-state index in [4.69, 9.17) is 9.47 Å². The Balaban J connectivity index is 1.58. The second-order valence-electron chi connectivity index (χ2n) is 7.82. The van der Waals surface area contributed by atoms with Gasteiger partial charge in [0, 0.05) is 6.04 Å². The van der Waals surface area contributed by atoms with Crippen molar-refractivity contribution in [2.24, 2.45) is 5.41 Å². The van der Waals surface area contributed by atoms with Gasteiger partial charge in [-0.1, -0.05) is 67.9 Å². The highest BCUT2D eigenvalue weighted by atomic mass is 16.7. The minimum absolute atomic E-state index is 0.188. The van der Waals surface area contributed by atoms with Crippen molar-refractivity contribution in [2.75, 3.05) is 6.61 Å². The highest BCUT2D eigenvalue weighted by Gasteiger charge is 2.51. The van der Waals surface area contributed by atoms with Crippen LogP contribution in [-0.4, -0.2) is 30.7 Å². The van der Waals surface area contributed by atoms with Gasteiger partial charge in [-0.2, -0.15) is 0 Å². The van der Waals surface area contributed by atoms with Crippen LogP contribution < -0.4 is 5.32 Å². The van der Waals surface area contributed by atoms with Crippen LogP contribution in [0.5, 0.6) is 0 Å². The number of carbonyl (C=O) groups is 3. The van der Waals surface area contributed by atoms with Crippen LogP contribution in [0.3, 0.4) is 0 Å². The van der Waals surface area contributed by atoms with E-state index in [1.165, 1.54) is 6.92 Å². The number of benzene rings is 2. The van der Waals surface area contributed by atoms with Crippen molar-refractivity contribution in [1.29, 1.82) is 0 Å². The summed E-state index contributed by atoms with van der Waals surface area (Å²) in [4.78, 5) is 36.5. The Bertz CT molecular complexity index is 894. The molecule has 1 aliphatic rings. The second-order valence-corrected chi connectivity index (χ2v) is 7.82. The van der Waals surface area contributed by atoms with Crippen LogP contribution in [0.4, 0.5) is 4.79 Å². The van der Waals surface area contributed by atoms with Crippen LogP contribution in [0.15, 0.2) is 54.6 Å². The molecule has 2 atom stereocenters. The van der Waals surface area contributed by atoms with E-state index in [0.29, 0.717) is 12.8 Å². The van der Waals surface area contributed by atoms with E-state index in [1.54, 1.807) is 0 Å². The van der Waals surface area contributed by atoms with Gasteiger partial charge in [-0.15, -0.1) is 0 Å². The molecule has 0 spiro atoms. The standard InChI is InChI=1S/C24H27NO5/c1-3-4-14-29-23(28)30-22(27)24(2)16-20(25-21(24)26)15-17-10-12-19(13-11-17)18-8-6-5-7-9-18/h5-13,20H,3-4,14-16H2,1-2H3,(H,25,26)/t20-,24-/m1/s1. The Hall–Kier alpha value is -3.15. The highest BCUT2D eigenvalue weighted by Crippen LogP contribution is 2.33. The smallest absolute Gasteiger partial charge is 0.434 e. The minimum atomic E-state index is -1.40. The lowest BCUT2D eigenvalue weighted by molar-refractivity contribution is -0.154. The van der Waals surface area contributed by atoms with E-state index in [0.717, 1.165) is 23.1 Å². The molecule has 0 unspecified atom stereocenters. The Morgan fingerprint density at radius 1 is 1.07 bits per heavy atom. The molecule has 30 heavy (non-hydrogen) atoms. The average Bonchev–Trinajstić information content (AvgIpc) is 3.03. The zero-order valence-corrected chi connectivity index (χ0v) is 17.4. The fraction of sp³-hybridized carbons (Fsp3) is 0.375. The molecule has 0 aromatic heterocycles. The monoisotopic (exact) mass is 409 g/mol. The molecule has 0 saturated carbocycles. The maximum atomic E-state index is 12.5. The number of esters is 1. The number of unbranched alkanes of at least 4 members (excludes halogenated alkanes) is 1. The lowest BCUT2D eigenvalue weighted by atomic mass is 9.86. The Kier molecular flexibility index (Phi) is 6.87. The van der Waals surface area contributed by atoms with Crippen LogP contribution in [0, 0.1) is 5.41 Å². The van der Waals surface area contributed by atoms with Crippen LogP contribution in [-0.2, 0) is 25.5 Å². The number of ether oxygens (including phenoxy) is 2. The van der Waals surface area contributed by atoms with Crippen molar-refractivity contribution < 1.29 is 23.9 Å². The van der Waals surface area contributed by atoms with Crippen molar-refractivity contribution in [2.45, 2.75) is 45.6 Å². The van der Waals surface area contributed by atoms with Gasteiger partial charge in [-0.3, -0.25) is 9.59 Å². The third kappa shape index (κ3) is 5.06. The predicted molar refractivity (Wildman–Crippen MR) is 113 cm³/mol. The SMILES string of the molecule is CCCCOC(=O)OC(=O)[C@]1(C)C[C@@H](Cc2ccc(-c3ccccc3)cc2)NC1=O. The third-order valence-corrected chi connectivity index (χ3v) is 5.38. The van der Waals surface area contributed by atoms with Gasteiger partial charge in [0.05, 0.1) is 6.61 Å². The second kappa shape index (κ2) is 9.57. The van der Waals surface area contributed by atoms with Crippen LogP contribution in [0.1, 0.15) is 38.7 Å². The molecule has 1 amide bonds. The number of rotatable bonds is 7. The summed E-state index contributed by atoms with van der Waals surface area (Å²) < 4.78 is 9.61. The molecular formula is C24H27NO5. The fourth-order valence-electron chi connectivity index (χ4n) is 3.55. The number of carbonyl (C=O) groups excluding carboxylic acids is 3. The molecule has 2 aromatic carbocycles. The van der Waals surface area contributed by atoms with Gasteiger partial charge in [0.25, 0.3) is 0 Å². The Morgan fingerprint density at radius 3 is 2.40 bits per heavy atom. The van der Waals surface area contributed by atoms with Crippen LogP contribution in [0.25, 0.3) is 11.1 Å². The molecule has 158 valence electrons. The van der Waals surface area contributed by atoms with E-state index in [1.807, 2.05) is 49.4 Å². The van der Waals surface area contributed by atoms with Gasteiger partial charge in [-0.25, -0.2) is 4.79 Å². The van der Waals surface area contributed by atoms with Crippen LogP contribution in [0.2, 0.25) is 0 Å². The van der Waals surface area contributed by atoms with E-state index >= 15 is 0 Å². The Morgan fingerprint density at radius 2 is 1.73 bits per heavy atom. The molecule has 6 heteroatoms. The van der Waals surface area contributed by atoms with Gasteiger partial charge >= 0.3 is 12.1 Å². The van der Waals surface area contributed by atoms with Gasteiger partial charge in [0.1, 0.15) is 5.41 Å². The zero-order valence-electron chi connectivity index (χ0n) is 17.4. The fourth-order valence-corrected chi connectivity index (χ4v) is 3.55. The van der Waals surface area contributed by atoms with Crippen molar-refractivity contribution in [3.8, 4) is 11.1 Å². The third-order valence-electron chi connectivity index (χ3n) is 5.38. The highest BCUT2D eigenvalue weighted by molar-refractivity contribution is 6.06. The Labute approximate surface area is 176 Å². The predicted octanol–water partition coefficient (Wildman–Crippen LogP) is 4.27. The summed E-state index contributed by atoms with van der Waals surface area (Å²) >= 11 is 0. The average molecular weight is 409 g/mol. The first-order chi connectivity index (χ1) is 14.4. The summed E-state index contributed by atoms with van der Waals surface area (Å²) in [6, 6.07) is 18.0. The molecule has 0 bridgehead atoms. The van der Waals surface area contributed by atoms with Crippen LogP contribution >= 0.6 is 0 Å². The normalized spacial score (nSPS) is 20.5. The molecule has 0 aliphatic carbocycles. The van der Waals surface area contributed by atoms with Gasteiger partial charge in [0.15, 0.2) is 0 Å². The van der Waals surface area contributed by atoms with Gasteiger partial charge in [-0.05, 0) is 42.9 Å². The van der Waals surface area contributed by atoms with Crippen molar-refractivity contribution in [3.05, 3.63) is 60.2 Å². The van der Waals surface area contributed by atoms with Crippen molar-refractivity contribution in [3.63, 3.8) is 0 Å². The summed E-state index contributed by atoms with van der Waals surface area (Å²) in [6.45, 7) is 3.65. The molecule has 0 radical (unpaired) electrons. The molecule has 2 aromatic rings. The molecule has 1 heterocycles. The number of hydrogen-bond donors (Lipinski definition) is 1. The summed E-state index contributed by atoms with van der Waals surface area (Å²) in [6.07, 6.45) is 1.34. The summed E-state index contributed by atoms with van der Waals surface area (Å²) in [5.41, 5.74) is 1.90. The topological polar surface area (TPSA) is 81.7 Å². The van der Waals surface area contributed by atoms with Crippen molar-refractivity contribution >= 4 is 18.0 Å².